The maximum atomic E-state index is 13.7. The Morgan fingerprint density at radius 2 is 2.12 bits per heavy atom. The predicted octanol–water partition coefficient (Wildman–Crippen LogP) is 3.13. The fourth-order valence-corrected chi connectivity index (χ4v) is 4.89. The molecule has 176 valence electrons. The number of nitrogens with two attached hydrogens (primary N) is 1. The quantitative estimate of drug-likeness (QED) is 0.488. The second-order valence-electron chi connectivity index (χ2n) is 9.27. The lowest BCUT2D eigenvalue weighted by Crippen LogP contribution is -2.43. The van der Waals surface area contributed by atoms with Gasteiger partial charge in [0.2, 0.25) is 0 Å². The van der Waals surface area contributed by atoms with Gasteiger partial charge in [0.25, 0.3) is 0 Å². The third-order valence-electron chi connectivity index (χ3n) is 6.95. The summed E-state index contributed by atoms with van der Waals surface area (Å²) in [6.07, 6.45) is 6.90. The first-order valence-corrected chi connectivity index (χ1v) is 11.5. The summed E-state index contributed by atoms with van der Waals surface area (Å²) < 4.78 is 27.2. The second-order valence-corrected chi connectivity index (χ2v) is 9.27. The standard InChI is InChI=1S/C22H32FN5O4/c1-3-4-5-13-6-8-14(9-7-13)20(30)31-15-10-16(32-22(15,2)11-29)28-12-25-17-18(24)26-21(23)27-19(17)28/h12-16,29H,3-11H2,1-2H3,(H2,24,26,27)/t13-,14-,15-,16+,22+/m0/s1. The van der Waals surface area contributed by atoms with Crippen LogP contribution in [0.3, 0.4) is 0 Å². The number of nitrogens with zero attached hydrogens (tertiary/aromatic N) is 4. The largest absolute Gasteiger partial charge is 0.459 e. The summed E-state index contributed by atoms with van der Waals surface area (Å²) in [5.41, 5.74) is 5.11. The SMILES string of the molecule is CCCC[C@H]1CC[C@H](C(=O)O[C@H]2C[C@H](n3cnc4c(N)nc(F)nc43)O[C@]2(C)CO)CC1. The van der Waals surface area contributed by atoms with Gasteiger partial charge in [0, 0.05) is 6.42 Å². The minimum absolute atomic E-state index is 0.0633. The lowest BCUT2D eigenvalue weighted by Gasteiger charge is -2.31. The van der Waals surface area contributed by atoms with Crippen LogP contribution in [0.15, 0.2) is 6.33 Å². The predicted molar refractivity (Wildman–Crippen MR) is 115 cm³/mol. The van der Waals surface area contributed by atoms with Gasteiger partial charge in [-0.2, -0.15) is 14.4 Å². The van der Waals surface area contributed by atoms with Crippen LogP contribution in [0, 0.1) is 17.9 Å². The maximum absolute atomic E-state index is 13.7. The van der Waals surface area contributed by atoms with Crippen LogP contribution in [0.5, 0.6) is 0 Å². The molecule has 0 aromatic carbocycles. The van der Waals surface area contributed by atoms with Gasteiger partial charge in [-0.05, 0) is 38.5 Å². The van der Waals surface area contributed by atoms with E-state index in [9.17, 15) is 14.3 Å². The summed E-state index contributed by atoms with van der Waals surface area (Å²) in [5, 5.41) is 10.0. The van der Waals surface area contributed by atoms with Crippen molar-refractivity contribution >= 4 is 23.0 Å². The summed E-state index contributed by atoms with van der Waals surface area (Å²) in [5.74, 6) is 0.281. The molecule has 0 amide bonds. The number of carbonyl (C=O) groups is 1. The highest BCUT2D eigenvalue weighted by Crippen LogP contribution is 2.41. The van der Waals surface area contributed by atoms with Crippen LogP contribution in [0.25, 0.3) is 11.2 Å². The minimum atomic E-state index is -1.09. The molecule has 1 aliphatic heterocycles. The van der Waals surface area contributed by atoms with Gasteiger partial charge >= 0.3 is 12.0 Å². The number of nitrogen functional groups attached to an aromatic ring is 1. The van der Waals surface area contributed by atoms with E-state index >= 15 is 0 Å². The molecule has 1 saturated carbocycles. The Kier molecular flexibility index (Phi) is 6.62. The molecule has 32 heavy (non-hydrogen) atoms. The molecule has 1 saturated heterocycles. The Morgan fingerprint density at radius 1 is 1.38 bits per heavy atom. The summed E-state index contributed by atoms with van der Waals surface area (Å²) in [6, 6.07) is 0. The number of ether oxygens (including phenoxy) is 2. The second kappa shape index (κ2) is 9.27. The molecule has 3 atom stereocenters. The summed E-state index contributed by atoms with van der Waals surface area (Å²) >= 11 is 0. The normalized spacial score (nSPS) is 30.6. The Morgan fingerprint density at radius 3 is 2.81 bits per heavy atom. The molecule has 0 unspecified atom stereocenters. The molecule has 10 heteroatoms. The zero-order valence-corrected chi connectivity index (χ0v) is 18.7. The number of anilines is 1. The number of rotatable bonds is 7. The van der Waals surface area contributed by atoms with E-state index in [-0.39, 0.29) is 41.9 Å². The number of unbranched alkanes of at least 4 members (excludes halogenated alkanes) is 1. The number of hydrogen-bond acceptors (Lipinski definition) is 8. The number of aliphatic hydroxyl groups excluding tert-OH is 1. The molecule has 2 aromatic heterocycles. The smallest absolute Gasteiger partial charge is 0.312 e. The van der Waals surface area contributed by atoms with Gasteiger partial charge in [0.05, 0.1) is 18.9 Å². The van der Waals surface area contributed by atoms with E-state index in [1.54, 1.807) is 6.92 Å². The van der Waals surface area contributed by atoms with Crippen LogP contribution in [0.2, 0.25) is 0 Å². The van der Waals surface area contributed by atoms with Crippen molar-refractivity contribution in [3.63, 3.8) is 0 Å². The maximum Gasteiger partial charge on any atom is 0.312 e. The van der Waals surface area contributed by atoms with Gasteiger partial charge in [-0.1, -0.05) is 26.2 Å². The highest BCUT2D eigenvalue weighted by atomic mass is 19.1. The van der Waals surface area contributed by atoms with Crippen LogP contribution in [0.1, 0.15) is 71.4 Å². The van der Waals surface area contributed by atoms with Crippen LogP contribution < -0.4 is 5.73 Å². The zero-order valence-electron chi connectivity index (χ0n) is 18.7. The van der Waals surface area contributed by atoms with E-state index in [1.165, 1.54) is 30.2 Å². The van der Waals surface area contributed by atoms with Crippen molar-refractivity contribution in [2.24, 2.45) is 11.8 Å². The van der Waals surface area contributed by atoms with Crippen molar-refractivity contribution in [1.82, 2.24) is 19.5 Å². The Hall–Kier alpha value is -2.33. The zero-order chi connectivity index (χ0) is 22.9. The first-order valence-electron chi connectivity index (χ1n) is 11.5. The molecule has 2 aromatic rings. The summed E-state index contributed by atoms with van der Waals surface area (Å²) in [7, 11) is 0. The third kappa shape index (κ3) is 4.43. The van der Waals surface area contributed by atoms with Crippen LogP contribution in [0.4, 0.5) is 10.2 Å². The highest BCUT2D eigenvalue weighted by molar-refractivity contribution is 5.81. The minimum Gasteiger partial charge on any atom is -0.459 e. The number of esters is 1. The molecule has 3 N–H and O–H groups in total. The molecule has 4 rings (SSSR count). The number of halogens is 1. The number of aliphatic hydroxyl groups is 1. The number of aromatic nitrogens is 4. The summed E-state index contributed by atoms with van der Waals surface area (Å²) in [4.78, 5) is 24.4. The van der Waals surface area contributed by atoms with E-state index < -0.39 is 24.0 Å². The fourth-order valence-electron chi connectivity index (χ4n) is 4.89. The van der Waals surface area contributed by atoms with Crippen LogP contribution in [-0.4, -0.2) is 48.9 Å². The summed E-state index contributed by atoms with van der Waals surface area (Å²) in [6.45, 7) is 3.57. The number of carbonyl (C=O) groups excluding carboxylic acids is 1. The molecule has 1 aliphatic carbocycles. The first kappa shape index (κ1) is 22.8. The number of fused-ring (bicyclic) bond motifs is 1. The van der Waals surface area contributed by atoms with Crippen molar-refractivity contribution in [3.05, 3.63) is 12.4 Å². The highest BCUT2D eigenvalue weighted by Gasteiger charge is 2.49. The van der Waals surface area contributed by atoms with Gasteiger partial charge in [0.15, 0.2) is 17.0 Å². The molecule has 0 spiro atoms. The molecule has 3 heterocycles. The van der Waals surface area contributed by atoms with E-state index in [1.807, 2.05) is 0 Å². The van der Waals surface area contributed by atoms with E-state index in [2.05, 4.69) is 21.9 Å². The Bertz CT molecular complexity index is 961. The van der Waals surface area contributed by atoms with E-state index in [0.717, 1.165) is 25.7 Å². The van der Waals surface area contributed by atoms with Gasteiger partial charge in [-0.15, -0.1) is 0 Å². The molecular formula is C22H32FN5O4. The number of hydrogen-bond donors (Lipinski definition) is 2. The average molecular weight is 450 g/mol. The molecule has 0 bridgehead atoms. The lowest BCUT2D eigenvalue weighted by atomic mass is 9.80. The van der Waals surface area contributed by atoms with Crippen LogP contribution >= 0.6 is 0 Å². The van der Waals surface area contributed by atoms with Crippen molar-refractivity contribution < 1.29 is 23.8 Å². The van der Waals surface area contributed by atoms with Gasteiger partial charge in [-0.3, -0.25) is 9.36 Å². The van der Waals surface area contributed by atoms with E-state index in [0.29, 0.717) is 5.92 Å². The van der Waals surface area contributed by atoms with Crippen molar-refractivity contribution in [1.29, 1.82) is 0 Å². The molecule has 0 radical (unpaired) electrons. The van der Waals surface area contributed by atoms with Gasteiger partial charge in [-0.25, -0.2) is 4.98 Å². The van der Waals surface area contributed by atoms with Gasteiger partial charge < -0.3 is 20.3 Å². The Balaban J connectivity index is 1.44. The lowest BCUT2D eigenvalue weighted by molar-refractivity contribution is -0.170. The van der Waals surface area contributed by atoms with E-state index in [4.69, 9.17) is 15.2 Å². The fraction of sp³-hybridized carbons (Fsp3) is 0.727. The average Bonchev–Trinajstić information content (AvgIpc) is 3.34. The number of imidazole rings is 1. The van der Waals surface area contributed by atoms with Crippen molar-refractivity contribution in [3.8, 4) is 0 Å². The molecule has 2 fully saturated rings. The van der Waals surface area contributed by atoms with Crippen molar-refractivity contribution in [2.45, 2.75) is 83.1 Å². The molecule has 2 aliphatic rings. The molecular weight excluding hydrogens is 417 g/mol. The monoisotopic (exact) mass is 449 g/mol. The third-order valence-corrected chi connectivity index (χ3v) is 6.95. The van der Waals surface area contributed by atoms with Crippen molar-refractivity contribution in [2.75, 3.05) is 12.3 Å². The van der Waals surface area contributed by atoms with Crippen LogP contribution in [-0.2, 0) is 14.3 Å². The molecule has 9 nitrogen and oxygen atoms in total. The van der Waals surface area contributed by atoms with Gasteiger partial charge in [0.1, 0.15) is 17.9 Å². The first-order chi connectivity index (χ1) is 15.3. The topological polar surface area (TPSA) is 125 Å². The Labute approximate surface area is 186 Å².